The van der Waals surface area contributed by atoms with Crippen LogP contribution in [0.2, 0.25) is 0 Å². The van der Waals surface area contributed by atoms with Gasteiger partial charge in [-0.05, 0) is 61.7 Å². The van der Waals surface area contributed by atoms with Gasteiger partial charge in [-0.2, -0.15) is 10.2 Å². The van der Waals surface area contributed by atoms with Gasteiger partial charge in [0.15, 0.2) is 5.69 Å². The van der Waals surface area contributed by atoms with E-state index < -0.39 is 0 Å². The van der Waals surface area contributed by atoms with Crippen LogP contribution < -0.4 is 0 Å². The van der Waals surface area contributed by atoms with E-state index in [1.807, 2.05) is 82.7 Å². The lowest BCUT2D eigenvalue weighted by Crippen LogP contribution is -2.46. The van der Waals surface area contributed by atoms with E-state index in [1.165, 1.54) is 0 Å². The zero-order chi connectivity index (χ0) is 24.3. The predicted molar refractivity (Wildman–Crippen MR) is 137 cm³/mol. The van der Waals surface area contributed by atoms with Gasteiger partial charge in [0.25, 0.3) is 5.91 Å². The van der Waals surface area contributed by atoms with Gasteiger partial charge in [-0.25, -0.2) is 4.68 Å². The second-order valence-corrected chi connectivity index (χ2v) is 8.87. The summed E-state index contributed by atoms with van der Waals surface area (Å²) >= 11 is 0. The average molecular weight is 476 g/mol. The van der Waals surface area contributed by atoms with Crippen LogP contribution in [0, 0.1) is 0 Å². The fourth-order valence-electron chi connectivity index (χ4n) is 4.84. The van der Waals surface area contributed by atoms with Crippen molar-refractivity contribution in [3.63, 3.8) is 0 Å². The lowest BCUT2D eigenvalue weighted by molar-refractivity contribution is 0.0578. The van der Waals surface area contributed by atoms with E-state index >= 15 is 0 Å². The van der Waals surface area contributed by atoms with Gasteiger partial charge in [0.2, 0.25) is 0 Å². The fraction of sp³-hybridized carbons (Fsp3) is 0.214. The summed E-state index contributed by atoms with van der Waals surface area (Å²) in [6, 6.07) is 13.5. The quantitative estimate of drug-likeness (QED) is 0.396. The highest BCUT2D eigenvalue weighted by Gasteiger charge is 2.33. The second kappa shape index (κ2) is 9.60. The Balaban J connectivity index is 1.33. The van der Waals surface area contributed by atoms with E-state index in [9.17, 15) is 4.79 Å². The molecule has 2 aliphatic heterocycles. The van der Waals surface area contributed by atoms with Crippen LogP contribution in [0.15, 0.2) is 78.9 Å². The van der Waals surface area contributed by atoms with E-state index in [2.05, 4.69) is 15.7 Å². The molecule has 6 rings (SSSR count). The number of piperidine rings is 1. The molecule has 1 amide bonds. The van der Waals surface area contributed by atoms with Gasteiger partial charge in [0.05, 0.1) is 35.2 Å². The van der Waals surface area contributed by atoms with Crippen molar-refractivity contribution in [2.75, 3.05) is 6.54 Å². The molecule has 0 N–H and O–H groups in total. The van der Waals surface area contributed by atoms with Gasteiger partial charge in [0, 0.05) is 37.4 Å². The molecule has 0 spiro atoms. The minimum Gasteiger partial charge on any atom is -0.332 e. The van der Waals surface area contributed by atoms with E-state index in [4.69, 9.17) is 10.2 Å². The fourth-order valence-corrected chi connectivity index (χ4v) is 4.84. The molecule has 36 heavy (non-hydrogen) atoms. The largest absolute Gasteiger partial charge is 0.332 e. The highest BCUT2D eigenvalue weighted by Crippen LogP contribution is 2.31. The summed E-state index contributed by atoms with van der Waals surface area (Å²) in [4.78, 5) is 24.9. The first kappa shape index (κ1) is 21.9. The Labute approximate surface area is 208 Å². The molecule has 1 saturated heterocycles. The number of allylic oxidation sites excluding steroid dienone is 2. The lowest BCUT2D eigenvalue weighted by Gasteiger charge is -2.35. The Kier molecular flexibility index (Phi) is 5.85. The summed E-state index contributed by atoms with van der Waals surface area (Å²) in [6.45, 7) is 1.31. The van der Waals surface area contributed by atoms with Crippen LogP contribution in [-0.2, 0) is 6.54 Å². The summed E-state index contributed by atoms with van der Waals surface area (Å²) < 4.78 is 3.65. The van der Waals surface area contributed by atoms with Gasteiger partial charge in [-0.3, -0.25) is 19.4 Å². The molecular formula is C28H25N7O. The van der Waals surface area contributed by atoms with E-state index in [1.54, 1.807) is 17.1 Å². The minimum absolute atomic E-state index is 0.0202. The molecule has 0 aliphatic carbocycles. The first-order valence-electron chi connectivity index (χ1n) is 12.2. The third kappa shape index (κ3) is 4.19. The normalized spacial score (nSPS) is 16.7. The molecule has 6 heterocycles. The number of aromatic nitrogens is 6. The third-order valence-corrected chi connectivity index (χ3v) is 6.56. The maximum Gasteiger partial charge on any atom is 0.275 e. The van der Waals surface area contributed by atoms with Gasteiger partial charge in [-0.15, -0.1) is 5.73 Å². The standard InChI is InChI=1S/C28H25N7O/c36-28(27-26(24-12-4-7-16-30-24)25-13-2-1-8-18-35(25)32-27)34-17-9-5-10-21(34)20-33-19-14-23(31-33)22-11-3-6-15-29-22/h1,3-4,6-8,11-16,18-19,21H,5,9-10,17,20H2/t21-/m0/s1. The van der Waals surface area contributed by atoms with Crippen molar-refractivity contribution in [1.82, 2.24) is 34.4 Å². The van der Waals surface area contributed by atoms with Crippen molar-refractivity contribution >= 4 is 18.2 Å². The van der Waals surface area contributed by atoms with Crippen LogP contribution in [0.1, 0.15) is 35.4 Å². The molecule has 1 fully saturated rings. The van der Waals surface area contributed by atoms with Gasteiger partial charge < -0.3 is 4.90 Å². The van der Waals surface area contributed by atoms with Crippen molar-refractivity contribution < 1.29 is 4.79 Å². The number of amides is 1. The molecular weight excluding hydrogens is 450 g/mol. The zero-order valence-electron chi connectivity index (χ0n) is 19.7. The maximum absolute atomic E-state index is 14.0. The average Bonchev–Trinajstić information content (AvgIpc) is 3.47. The SMILES string of the molecule is O=C(c1nn2c(c1-c1ccccn1)C=C=CC=C2)N1CCCC[C@H]1Cn1ccc(-c2ccccn2)n1. The van der Waals surface area contributed by atoms with Crippen LogP contribution >= 0.6 is 0 Å². The Morgan fingerprint density at radius 1 is 0.972 bits per heavy atom. The van der Waals surface area contributed by atoms with E-state index in [0.717, 1.165) is 47.6 Å². The Morgan fingerprint density at radius 3 is 2.61 bits per heavy atom. The van der Waals surface area contributed by atoms with Gasteiger partial charge in [0.1, 0.15) is 5.69 Å². The summed E-state index contributed by atoms with van der Waals surface area (Å²) in [7, 11) is 0. The lowest BCUT2D eigenvalue weighted by atomic mass is 10.00. The number of pyridine rings is 2. The number of fused-ring (bicyclic) bond motifs is 1. The molecule has 4 aromatic rings. The first-order chi connectivity index (χ1) is 17.8. The van der Waals surface area contributed by atoms with Crippen molar-refractivity contribution in [2.24, 2.45) is 0 Å². The highest BCUT2D eigenvalue weighted by molar-refractivity contribution is 6.01. The molecule has 4 aromatic heterocycles. The number of carbonyl (C=O) groups excluding carboxylic acids is 1. The Bertz CT molecular complexity index is 1480. The topological polar surface area (TPSA) is 81.7 Å². The number of rotatable bonds is 5. The number of likely N-dealkylation sites (tertiary alicyclic amines) is 1. The minimum atomic E-state index is -0.0798. The zero-order valence-corrected chi connectivity index (χ0v) is 19.7. The molecule has 8 heteroatoms. The smallest absolute Gasteiger partial charge is 0.275 e. The summed E-state index contributed by atoms with van der Waals surface area (Å²) in [5.41, 5.74) is 7.45. The van der Waals surface area contributed by atoms with Crippen LogP contribution in [0.25, 0.3) is 34.9 Å². The maximum atomic E-state index is 14.0. The molecule has 0 bridgehead atoms. The Hall–Kier alpha value is -4.55. The van der Waals surface area contributed by atoms with Crippen LogP contribution in [0.4, 0.5) is 0 Å². The third-order valence-electron chi connectivity index (χ3n) is 6.56. The number of carbonyl (C=O) groups is 1. The van der Waals surface area contributed by atoms with Crippen molar-refractivity contribution in [3.05, 3.63) is 90.3 Å². The summed E-state index contributed by atoms with van der Waals surface area (Å²) in [6.07, 6.45) is 15.8. The summed E-state index contributed by atoms with van der Waals surface area (Å²) in [5, 5.41) is 9.45. The molecule has 0 radical (unpaired) electrons. The monoisotopic (exact) mass is 475 g/mol. The first-order valence-corrected chi connectivity index (χ1v) is 12.2. The molecule has 2 aliphatic rings. The Morgan fingerprint density at radius 2 is 1.81 bits per heavy atom. The van der Waals surface area contributed by atoms with Crippen LogP contribution in [0.5, 0.6) is 0 Å². The molecule has 1 atom stereocenters. The number of nitrogens with zero attached hydrogens (tertiary/aromatic N) is 7. The molecule has 178 valence electrons. The highest BCUT2D eigenvalue weighted by atomic mass is 16.2. The predicted octanol–water partition coefficient (Wildman–Crippen LogP) is 4.55. The van der Waals surface area contributed by atoms with Gasteiger partial charge in [-0.1, -0.05) is 12.1 Å². The van der Waals surface area contributed by atoms with Crippen molar-refractivity contribution in [1.29, 1.82) is 0 Å². The molecule has 0 saturated carbocycles. The van der Waals surface area contributed by atoms with Crippen LogP contribution in [-0.4, -0.2) is 52.9 Å². The van der Waals surface area contributed by atoms with Crippen molar-refractivity contribution in [3.8, 4) is 22.6 Å². The van der Waals surface area contributed by atoms with Crippen LogP contribution in [0.3, 0.4) is 0 Å². The number of hydrogen-bond donors (Lipinski definition) is 0. The summed E-state index contributed by atoms with van der Waals surface area (Å²) in [5.74, 6) is -0.0798. The van der Waals surface area contributed by atoms with Crippen molar-refractivity contribution in [2.45, 2.75) is 31.8 Å². The van der Waals surface area contributed by atoms with Gasteiger partial charge >= 0.3 is 0 Å². The second-order valence-electron chi connectivity index (χ2n) is 8.87. The molecule has 0 aromatic carbocycles. The van der Waals surface area contributed by atoms with E-state index in [0.29, 0.717) is 18.8 Å². The number of hydrogen-bond acceptors (Lipinski definition) is 5. The molecule has 8 nitrogen and oxygen atoms in total. The van der Waals surface area contributed by atoms with E-state index in [-0.39, 0.29) is 11.9 Å². The molecule has 0 unspecified atom stereocenters.